The van der Waals surface area contributed by atoms with Gasteiger partial charge in [-0.25, -0.2) is 0 Å². The van der Waals surface area contributed by atoms with Gasteiger partial charge >= 0.3 is 5.97 Å². The van der Waals surface area contributed by atoms with Crippen LogP contribution in [0.3, 0.4) is 0 Å². The molecule has 18 heavy (non-hydrogen) atoms. The van der Waals surface area contributed by atoms with Crippen molar-refractivity contribution in [2.75, 3.05) is 14.1 Å². The van der Waals surface area contributed by atoms with Gasteiger partial charge in [-0.3, -0.25) is 9.78 Å². The molecule has 1 atom stereocenters. The summed E-state index contributed by atoms with van der Waals surface area (Å²) in [6.45, 7) is 0. The lowest BCUT2D eigenvalue weighted by atomic mass is 9.98. The van der Waals surface area contributed by atoms with Crippen molar-refractivity contribution in [1.29, 1.82) is 0 Å². The maximum atomic E-state index is 11.0. The zero-order valence-electron chi connectivity index (χ0n) is 10.5. The van der Waals surface area contributed by atoms with Crippen LogP contribution < -0.4 is 0 Å². The van der Waals surface area contributed by atoms with E-state index in [2.05, 4.69) is 4.98 Å². The van der Waals surface area contributed by atoms with Gasteiger partial charge in [0, 0.05) is 23.8 Å². The minimum atomic E-state index is -0.804. The van der Waals surface area contributed by atoms with E-state index in [1.54, 1.807) is 12.4 Å². The molecule has 1 unspecified atom stereocenters. The van der Waals surface area contributed by atoms with Crippen LogP contribution in [0.5, 0.6) is 0 Å². The number of nitrogens with zero attached hydrogens (tertiary/aromatic N) is 2. The molecule has 1 N–H and O–H groups in total. The molecule has 0 fully saturated rings. The Morgan fingerprint density at radius 3 is 2.72 bits per heavy atom. The van der Waals surface area contributed by atoms with Gasteiger partial charge in [0.25, 0.3) is 0 Å². The van der Waals surface area contributed by atoms with Gasteiger partial charge in [0.1, 0.15) is 0 Å². The first-order valence-corrected chi connectivity index (χ1v) is 5.80. The Hall–Kier alpha value is -1.94. The van der Waals surface area contributed by atoms with Gasteiger partial charge in [-0.2, -0.15) is 0 Å². The highest BCUT2D eigenvalue weighted by atomic mass is 16.4. The van der Waals surface area contributed by atoms with Crippen molar-refractivity contribution in [3.63, 3.8) is 0 Å². The average molecular weight is 244 g/mol. The van der Waals surface area contributed by atoms with Crippen molar-refractivity contribution in [2.45, 2.75) is 12.5 Å². The smallest absolute Gasteiger partial charge is 0.305 e. The summed E-state index contributed by atoms with van der Waals surface area (Å²) in [4.78, 5) is 17.1. The van der Waals surface area contributed by atoms with Crippen LogP contribution in [0.15, 0.2) is 36.7 Å². The number of aromatic nitrogens is 1. The van der Waals surface area contributed by atoms with Crippen molar-refractivity contribution in [3.05, 3.63) is 42.2 Å². The largest absolute Gasteiger partial charge is 0.481 e. The quantitative estimate of drug-likeness (QED) is 0.896. The molecule has 2 aromatic rings. The van der Waals surface area contributed by atoms with Crippen LogP contribution in [0, 0.1) is 0 Å². The number of fused-ring (bicyclic) bond motifs is 1. The van der Waals surface area contributed by atoms with E-state index < -0.39 is 5.97 Å². The third-order valence-corrected chi connectivity index (χ3v) is 3.05. The minimum Gasteiger partial charge on any atom is -0.481 e. The summed E-state index contributed by atoms with van der Waals surface area (Å²) in [5.41, 5.74) is 0.959. The van der Waals surface area contributed by atoms with Crippen LogP contribution in [0.25, 0.3) is 10.8 Å². The Balaban J connectivity index is 2.53. The molecule has 2 rings (SSSR count). The molecule has 0 bridgehead atoms. The Labute approximate surface area is 106 Å². The number of carboxylic acids is 1. The van der Waals surface area contributed by atoms with Crippen LogP contribution in [-0.2, 0) is 4.79 Å². The predicted molar refractivity (Wildman–Crippen MR) is 70.4 cm³/mol. The number of rotatable bonds is 4. The number of aliphatic carboxylic acids is 1. The van der Waals surface area contributed by atoms with Crippen molar-refractivity contribution in [3.8, 4) is 0 Å². The lowest BCUT2D eigenvalue weighted by Crippen LogP contribution is -2.23. The van der Waals surface area contributed by atoms with E-state index in [1.165, 1.54) is 0 Å². The Morgan fingerprint density at radius 1 is 1.33 bits per heavy atom. The third kappa shape index (κ3) is 2.49. The van der Waals surface area contributed by atoms with Gasteiger partial charge < -0.3 is 10.0 Å². The highest BCUT2D eigenvalue weighted by molar-refractivity contribution is 5.85. The molecule has 4 heteroatoms. The van der Waals surface area contributed by atoms with E-state index >= 15 is 0 Å². The number of benzene rings is 1. The molecule has 1 heterocycles. The van der Waals surface area contributed by atoms with E-state index in [9.17, 15) is 4.79 Å². The molecule has 0 radical (unpaired) electrons. The van der Waals surface area contributed by atoms with Crippen molar-refractivity contribution in [1.82, 2.24) is 9.88 Å². The van der Waals surface area contributed by atoms with E-state index in [0.29, 0.717) is 0 Å². The fourth-order valence-corrected chi connectivity index (χ4v) is 2.14. The molecule has 0 aliphatic carbocycles. The normalized spacial score (nSPS) is 12.8. The first kappa shape index (κ1) is 12.5. The summed E-state index contributed by atoms with van der Waals surface area (Å²) in [5, 5.41) is 11.1. The molecule has 0 spiro atoms. The van der Waals surface area contributed by atoms with Gasteiger partial charge in [0.2, 0.25) is 0 Å². The molecule has 1 aromatic carbocycles. The fraction of sp³-hybridized carbons (Fsp3) is 0.286. The standard InChI is InChI=1S/C14H16N2O2/c1-16(2)13(7-14(17)18)12-9-15-8-10-5-3-4-6-11(10)12/h3-6,8-9,13H,7H2,1-2H3,(H,17,18). The summed E-state index contributed by atoms with van der Waals surface area (Å²) >= 11 is 0. The van der Waals surface area contributed by atoms with Crippen LogP contribution in [0.1, 0.15) is 18.0 Å². The average Bonchev–Trinajstić information content (AvgIpc) is 2.35. The molecule has 0 amide bonds. The highest BCUT2D eigenvalue weighted by Crippen LogP contribution is 2.28. The molecule has 0 saturated carbocycles. The molecule has 1 aromatic heterocycles. The molecule has 0 aliphatic heterocycles. The Morgan fingerprint density at radius 2 is 2.06 bits per heavy atom. The van der Waals surface area contributed by atoms with Gasteiger partial charge in [0.15, 0.2) is 0 Å². The molecule has 94 valence electrons. The number of pyridine rings is 1. The number of carbonyl (C=O) groups is 1. The van der Waals surface area contributed by atoms with E-state index in [1.807, 2.05) is 43.3 Å². The SMILES string of the molecule is CN(C)C(CC(=O)O)c1cncc2ccccc12. The summed E-state index contributed by atoms with van der Waals surface area (Å²) < 4.78 is 0. The molecular formula is C14H16N2O2. The number of carboxylic acid groups (broad SMARTS) is 1. The second kappa shape index (κ2) is 5.14. The molecule has 0 saturated heterocycles. The van der Waals surface area contributed by atoms with E-state index in [0.717, 1.165) is 16.3 Å². The van der Waals surface area contributed by atoms with Crippen LogP contribution in [0.4, 0.5) is 0 Å². The van der Waals surface area contributed by atoms with Gasteiger partial charge in [0.05, 0.1) is 6.42 Å². The monoisotopic (exact) mass is 244 g/mol. The van der Waals surface area contributed by atoms with Crippen LogP contribution >= 0.6 is 0 Å². The summed E-state index contributed by atoms with van der Waals surface area (Å²) in [6.07, 6.45) is 3.63. The lowest BCUT2D eigenvalue weighted by molar-refractivity contribution is -0.138. The van der Waals surface area contributed by atoms with Crippen molar-refractivity contribution < 1.29 is 9.90 Å². The van der Waals surface area contributed by atoms with Gasteiger partial charge in [-0.05, 0) is 25.0 Å². The molecule has 4 nitrogen and oxygen atoms in total. The second-order valence-electron chi connectivity index (χ2n) is 4.53. The second-order valence-corrected chi connectivity index (χ2v) is 4.53. The first-order valence-electron chi connectivity index (χ1n) is 5.80. The van der Waals surface area contributed by atoms with Crippen molar-refractivity contribution >= 4 is 16.7 Å². The van der Waals surface area contributed by atoms with Crippen molar-refractivity contribution in [2.24, 2.45) is 0 Å². The van der Waals surface area contributed by atoms with Gasteiger partial charge in [-0.15, -0.1) is 0 Å². The molecule has 0 aliphatic rings. The zero-order chi connectivity index (χ0) is 13.1. The summed E-state index contributed by atoms with van der Waals surface area (Å²) in [5.74, 6) is -0.804. The third-order valence-electron chi connectivity index (χ3n) is 3.05. The summed E-state index contributed by atoms with van der Waals surface area (Å²) in [6, 6.07) is 7.74. The highest BCUT2D eigenvalue weighted by Gasteiger charge is 2.20. The van der Waals surface area contributed by atoms with Crippen LogP contribution in [-0.4, -0.2) is 35.1 Å². The van der Waals surface area contributed by atoms with Gasteiger partial charge in [-0.1, -0.05) is 24.3 Å². The maximum absolute atomic E-state index is 11.0. The Kier molecular flexibility index (Phi) is 3.58. The first-order chi connectivity index (χ1) is 8.59. The minimum absolute atomic E-state index is 0.0721. The summed E-state index contributed by atoms with van der Waals surface area (Å²) in [7, 11) is 3.77. The maximum Gasteiger partial charge on any atom is 0.305 e. The number of hydrogen-bond acceptors (Lipinski definition) is 3. The van der Waals surface area contributed by atoms with Crippen LogP contribution in [0.2, 0.25) is 0 Å². The molecular weight excluding hydrogens is 228 g/mol. The number of hydrogen-bond donors (Lipinski definition) is 1. The van der Waals surface area contributed by atoms with E-state index in [4.69, 9.17) is 5.11 Å². The predicted octanol–water partition coefficient (Wildman–Crippen LogP) is 2.31. The fourth-order valence-electron chi connectivity index (χ4n) is 2.14. The van der Waals surface area contributed by atoms with E-state index in [-0.39, 0.29) is 12.5 Å². The lowest BCUT2D eigenvalue weighted by Gasteiger charge is -2.24. The topological polar surface area (TPSA) is 53.4 Å². The Bertz CT molecular complexity index is 561. The zero-order valence-corrected chi connectivity index (χ0v) is 10.5.